The summed E-state index contributed by atoms with van der Waals surface area (Å²) in [5.41, 5.74) is 0.0819. The van der Waals surface area contributed by atoms with E-state index in [0.717, 1.165) is 51.4 Å². The lowest BCUT2D eigenvalue weighted by Crippen LogP contribution is -2.41. The molecule has 160 valence electrons. The summed E-state index contributed by atoms with van der Waals surface area (Å²) in [6.45, 7) is 2.16. The lowest BCUT2D eigenvalue weighted by Gasteiger charge is -2.45. The van der Waals surface area contributed by atoms with Gasteiger partial charge < -0.3 is 15.3 Å². The third-order valence-corrected chi connectivity index (χ3v) is 6.91. The van der Waals surface area contributed by atoms with Crippen LogP contribution >= 0.6 is 0 Å². The molecule has 4 atom stereocenters. The predicted molar refractivity (Wildman–Crippen MR) is 109 cm³/mol. The molecule has 2 rings (SSSR count). The van der Waals surface area contributed by atoms with Gasteiger partial charge in [-0.2, -0.15) is 0 Å². The molecule has 0 amide bonds. The molecule has 5 heteroatoms. The van der Waals surface area contributed by atoms with E-state index in [0.29, 0.717) is 12.8 Å². The first-order valence-electron chi connectivity index (χ1n) is 11.2. The fourth-order valence-electron chi connectivity index (χ4n) is 5.08. The number of carbonyl (C=O) groups is 2. The van der Waals surface area contributed by atoms with Gasteiger partial charge in [-0.05, 0) is 43.9 Å². The molecule has 0 heterocycles. The topological polar surface area (TPSA) is 94.8 Å². The van der Waals surface area contributed by atoms with E-state index in [4.69, 9.17) is 5.11 Å². The van der Waals surface area contributed by atoms with Gasteiger partial charge in [0, 0.05) is 24.7 Å². The first-order valence-corrected chi connectivity index (χ1v) is 11.2. The first kappa shape index (κ1) is 23.1. The van der Waals surface area contributed by atoms with Crippen LogP contribution in [0, 0.1) is 17.3 Å². The Labute approximate surface area is 169 Å². The molecule has 2 fully saturated rings. The number of carboxylic acids is 1. The maximum absolute atomic E-state index is 12.3. The van der Waals surface area contributed by atoms with E-state index in [1.54, 1.807) is 0 Å². The van der Waals surface area contributed by atoms with Gasteiger partial charge in [-0.3, -0.25) is 9.59 Å². The molecule has 0 saturated heterocycles. The molecule has 5 nitrogen and oxygen atoms in total. The Morgan fingerprint density at radius 1 is 1.25 bits per heavy atom. The van der Waals surface area contributed by atoms with E-state index in [9.17, 15) is 19.8 Å². The first-order chi connectivity index (χ1) is 13.4. The molecule has 2 aliphatic carbocycles. The van der Waals surface area contributed by atoms with Gasteiger partial charge in [0.2, 0.25) is 0 Å². The van der Waals surface area contributed by atoms with E-state index in [2.05, 4.69) is 6.92 Å². The van der Waals surface area contributed by atoms with Crippen LogP contribution in [0.25, 0.3) is 0 Å². The second-order valence-electron chi connectivity index (χ2n) is 8.91. The van der Waals surface area contributed by atoms with Crippen LogP contribution in [0.4, 0.5) is 0 Å². The van der Waals surface area contributed by atoms with Crippen LogP contribution in [0.3, 0.4) is 0 Å². The Balaban J connectivity index is 1.79. The minimum Gasteiger partial charge on any atom is -0.481 e. The SMILES string of the molecule is CCCC1(C(O)C/C=C/C2[C@H](O)CC(=O)[C@@H]2CCCCCCC(=O)O)CCC1. The second kappa shape index (κ2) is 11.1. The van der Waals surface area contributed by atoms with Crippen LogP contribution < -0.4 is 0 Å². The van der Waals surface area contributed by atoms with Crippen molar-refractivity contribution in [1.82, 2.24) is 0 Å². The minimum atomic E-state index is -0.760. The van der Waals surface area contributed by atoms with Crippen molar-refractivity contribution in [2.45, 2.75) is 103 Å². The minimum absolute atomic E-state index is 0.0819. The number of aliphatic hydroxyl groups excluding tert-OH is 2. The summed E-state index contributed by atoms with van der Waals surface area (Å²) < 4.78 is 0. The van der Waals surface area contributed by atoms with Crippen LogP contribution in [0.5, 0.6) is 0 Å². The van der Waals surface area contributed by atoms with Crippen molar-refractivity contribution in [1.29, 1.82) is 0 Å². The van der Waals surface area contributed by atoms with Crippen molar-refractivity contribution >= 4 is 11.8 Å². The molecule has 3 N–H and O–H groups in total. The molecule has 0 radical (unpaired) electrons. The second-order valence-corrected chi connectivity index (χ2v) is 8.91. The Morgan fingerprint density at radius 2 is 1.96 bits per heavy atom. The number of Topliss-reactive ketones (excluding diaryl/α,β-unsaturated/α-hetero) is 1. The number of aliphatic carboxylic acids is 1. The number of unbranched alkanes of at least 4 members (excludes halogenated alkanes) is 3. The molecule has 0 bridgehead atoms. The van der Waals surface area contributed by atoms with E-state index >= 15 is 0 Å². The molecule has 0 aromatic carbocycles. The maximum Gasteiger partial charge on any atom is 0.303 e. The monoisotopic (exact) mass is 394 g/mol. The summed E-state index contributed by atoms with van der Waals surface area (Å²) in [7, 11) is 0. The van der Waals surface area contributed by atoms with Crippen molar-refractivity contribution in [3.05, 3.63) is 12.2 Å². The Hall–Kier alpha value is -1.20. The number of ketones is 1. The number of hydrogen-bond acceptors (Lipinski definition) is 4. The van der Waals surface area contributed by atoms with Gasteiger partial charge in [0.05, 0.1) is 12.2 Å². The van der Waals surface area contributed by atoms with Crippen LogP contribution in [0.2, 0.25) is 0 Å². The van der Waals surface area contributed by atoms with Gasteiger partial charge in [-0.25, -0.2) is 0 Å². The molecular formula is C23H38O5. The zero-order valence-electron chi connectivity index (χ0n) is 17.3. The molecular weight excluding hydrogens is 356 g/mol. The Bertz CT molecular complexity index is 537. The summed E-state index contributed by atoms with van der Waals surface area (Å²) in [6, 6.07) is 0. The van der Waals surface area contributed by atoms with Gasteiger partial charge in [0.15, 0.2) is 0 Å². The van der Waals surface area contributed by atoms with Crippen molar-refractivity contribution in [2.75, 3.05) is 0 Å². The number of rotatable bonds is 13. The lowest BCUT2D eigenvalue weighted by molar-refractivity contribution is -0.137. The Kier molecular flexibility index (Phi) is 9.16. The third-order valence-electron chi connectivity index (χ3n) is 6.91. The largest absolute Gasteiger partial charge is 0.481 e. The predicted octanol–water partition coefficient (Wildman–Crippen LogP) is 4.26. The van der Waals surface area contributed by atoms with Crippen LogP contribution in [0.15, 0.2) is 12.2 Å². The number of carbonyl (C=O) groups excluding carboxylic acids is 1. The van der Waals surface area contributed by atoms with Crippen LogP contribution in [-0.2, 0) is 9.59 Å². The maximum atomic E-state index is 12.3. The molecule has 2 unspecified atom stereocenters. The summed E-state index contributed by atoms with van der Waals surface area (Å²) in [5.74, 6) is -0.919. The fraction of sp³-hybridized carbons (Fsp3) is 0.826. The number of carboxylic acid groups (broad SMARTS) is 1. The van der Waals surface area contributed by atoms with E-state index < -0.39 is 12.1 Å². The number of aliphatic hydroxyl groups is 2. The van der Waals surface area contributed by atoms with Crippen molar-refractivity contribution in [3.63, 3.8) is 0 Å². The summed E-state index contributed by atoms with van der Waals surface area (Å²) in [4.78, 5) is 22.8. The molecule has 0 aliphatic heterocycles. The van der Waals surface area contributed by atoms with Gasteiger partial charge in [0.25, 0.3) is 0 Å². The zero-order chi connectivity index (χ0) is 20.6. The van der Waals surface area contributed by atoms with Gasteiger partial charge in [-0.1, -0.05) is 51.2 Å². The van der Waals surface area contributed by atoms with Gasteiger partial charge in [-0.15, -0.1) is 0 Å². The highest BCUT2D eigenvalue weighted by Crippen LogP contribution is 2.48. The van der Waals surface area contributed by atoms with Gasteiger partial charge in [0.1, 0.15) is 5.78 Å². The third kappa shape index (κ3) is 6.15. The Morgan fingerprint density at radius 3 is 2.57 bits per heavy atom. The molecule has 28 heavy (non-hydrogen) atoms. The van der Waals surface area contributed by atoms with Gasteiger partial charge >= 0.3 is 5.97 Å². The standard InChI is InChI=1S/C23H38O5/c1-2-13-23(14-8-15-23)21(26)11-7-10-18-17(19(24)16-20(18)25)9-5-3-4-6-12-22(27)28/h7,10,17-18,20-21,25-26H,2-6,8-9,11-16H2,1H3,(H,27,28)/b10-7+/t17-,18?,20-,21?/m1/s1. The highest BCUT2D eigenvalue weighted by molar-refractivity contribution is 5.84. The molecule has 0 aromatic heterocycles. The molecule has 2 saturated carbocycles. The van der Waals surface area contributed by atoms with Crippen LogP contribution in [-0.4, -0.2) is 39.3 Å². The fourth-order valence-corrected chi connectivity index (χ4v) is 5.08. The lowest BCUT2D eigenvalue weighted by atomic mass is 9.62. The van der Waals surface area contributed by atoms with Crippen molar-refractivity contribution in [3.8, 4) is 0 Å². The quantitative estimate of drug-likeness (QED) is 0.320. The van der Waals surface area contributed by atoms with E-state index in [1.165, 1.54) is 6.42 Å². The number of hydrogen-bond donors (Lipinski definition) is 3. The van der Waals surface area contributed by atoms with Crippen molar-refractivity contribution in [2.24, 2.45) is 17.3 Å². The van der Waals surface area contributed by atoms with Crippen molar-refractivity contribution < 1.29 is 24.9 Å². The molecule has 0 aromatic rings. The highest BCUT2D eigenvalue weighted by Gasteiger charge is 2.42. The average molecular weight is 395 g/mol. The zero-order valence-corrected chi connectivity index (χ0v) is 17.3. The van der Waals surface area contributed by atoms with E-state index in [1.807, 2.05) is 12.2 Å². The summed E-state index contributed by atoms with van der Waals surface area (Å²) in [5, 5.41) is 29.6. The smallest absolute Gasteiger partial charge is 0.303 e. The molecule has 0 spiro atoms. The molecule has 2 aliphatic rings. The highest BCUT2D eigenvalue weighted by atomic mass is 16.4. The normalized spacial score (nSPS) is 27.8. The summed E-state index contributed by atoms with van der Waals surface area (Å²) in [6.07, 6.45) is 13.7. The average Bonchev–Trinajstić information content (AvgIpc) is 2.87. The van der Waals surface area contributed by atoms with E-state index in [-0.39, 0.29) is 42.0 Å². The van der Waals surface area contributed by atoms with Crippen LogP contribution in [0.1, 0.15) is 90.4 Å². The summed E-state index contributed by atoms with van der Waals surface area (Å²) >= 11 is 0.